The molecule has 0 heterocycles. The van der Waals surface area contributed by atoms with Crippen LogP contribution in [0.1, 0.15) is 21.5 Å². The fraction of sp³-hybridized carbons (Fsp3) is 0.133. The van der Waals surface area contributed by atoms with E-state index >= 15 is 0 Å². The minimum atomic E-state index is -0.278. The number of carbonyl (C=O) groups is 1. The van der Waals surface area contributed by atoms with E-state index in [0.717, 1.165) is 16.8 Å². The zero-order valence-corrected chi connectivity index (χ0v) is 12.6. The molecule has 0 atom stereocenters. The highest BCUT2D eigenvalue weighted by Crippen LogP contribution is 2.29. The third kappa shape index (κ3) is 3.24. The quantitative estimate of drug-likeness (QED) is 0.806. The SMILES string of the molecule is Cc1cc(C)cc(NC(=O)c2cc(N)c(Cl)c(Cl)c2)c1. The van der Waals surface area contributed by atoms with Gasteiger partial charge in [0.25, 0.3) is 5.91 Å². The summed E-state index contributed by atoms with van der Waals surface area (Å²) in [5.41, 5.74) is 9.25. The van der Waals surface area contributed by atoms with Gasteiger partial charge in [-0.1, -0.05) is 29.3 Å². The highest BCUT2D eigenvalue weighted by Gasteiger charge is 2.11. The first-order chi connectivity index (χ1) is 9.36. The van der Waals surface area contributed by atoms with Gasteiger partial charge in [0.05, 0.1) is 15.7 Å². The lowest BCUT2D eigenvalue weighted by molar-refractivity contribution is 0.102. The predicted molar refractivity (Wildman–Crippen MR) is 84.7 cm³/mol. The van der Waals surface area contributed by atoms with Gasteiger partial charge in [-0.15, -0.1) is 0 Å². The Morgan fingerprint density at radius 3 is 2.20 bits per heavy atom. The predicted octanol–water partition coefficient (Wildman–Crippen LogP) is 4.44. The van der Waals surface area contributed by atoms with E-state index in [-0.39, 0.29) is 21.6 Å². The number of halogens is 2. The highest BCUT2D eigenvalue weighted by molar-refractivity contribution is 6.44. The first kappa shape index (κ1) is 14.7. The molecule has 2 aromatic rings. The lowest BCUT2D eigenvalue weighted by Crippen LogP contribution is -2.12. The van der Waals surface area contributed by atoms with Crippen molar-refractivity contribution < 1.29 is 4.79 Å². The second kappa shape index (κ2) is 5.73. The molecule has 0 aromatic heterocycles. The molecule has 0 bridgehead atoms. The second-order valence-electron chi connectivity index (χ2n) is 4.69. The average Bonchev–Trinajstić information content (AvgIpc) is 2.33. The molecule has 2 aromatic carbocycles. The van der Waals surface area contributed by atoms with Crippen LogP contribution in [0, 0.1) is 13.8 Å². The number of hydrogen-bond acceptors (Lipinski definition) is 2. The molecule has 2 rings (SSSR count). The first-order valence-electron chi connectivity index (χ1n) is 6.01. The van der Waals surface area contributed by atoms with Crippen molar-refractivity contribution in [2.24, 2.45) is 0 Å². The van der Waals surface area contributed by atoms with Crippen molar-refractivity contribution in [1.82, 2.24) is 0 Å². The van der Waals surface area contributed by atoms with Crippen molar-refractivity contribution in [3.63, 3.8) is 0 Å². The van der Waals surface area contributed by atoms with Crippen LogP contribution in [0.15, 0.2) is 30.3 Å². The molecule has 0 radical (unpaired) electrons. The number of rotatable bonds is 2. The van der Waals surface area contributed by atoms with E-state index < -0.39 is 0 Å². The molecule has 20 heavy (non-hydrogen) atoms. The fourth-order valence-corrected chi connectivity index (χ4v) is 2.33. The van der Waals surface area contributed by atoms with Crippen molar-refractivity contribution in [1.29, 1.82) is 0 Å². The summed E-state index contributed by atoms with van der Waals surface area (Å²) >= 11 is 11.8. The topological polar surface area (TPSA) is 55.1 Å². The van der Waals surface area contributed by atoms with Gasteiger partial charge in [-0.25, -0.2) is 0 Å². The Hall–Kier alpha value is -1.71. The Morgan fingerprint density at radius 2 is 1.65 bits per heavy atom. The summed E-state index contributed by atoms with van der Waals surface area (Å²) in [5, 5.41) is 3.34. The zero-order valence-electron chi connectivity index (χ0n) is 11.1. The molecular weight excluding hydrogens is 295 g/mol. The van der Waals surface area contributed by atoms with Crippen molar-refractivity contribution in [2.75, 3.05) is 11.1 Å². The second-order valence-corrected chi connectivity index (χ2v) is 5.48. The molecule has 0 aliphatic carbocycles. The molecule has 0 aliphatic rings. The van der Waals surface area contributed by atoms with Gasteiger partial charge in [-0.3, -0.25) is 4.79 Å². The van der Waals surface area contributed by atoms with Gasteiger partial charge >= 0.3 is 0 Å². The van der Waals surface area contributed by atoms with Crippen LogP contribution < -0.4 is 11.1 Å². The number of hydrogen-bond donors (Lipinski definition) is 2. The van der Waals surface area contributed by atoms with Crippen LogP contribution in [-0.2, 0) is 0 Å². The number of nitrogens with two attached hydrogens (primary N) is 1. The van der Waals surface area contributed by atoms with E-state index in [9.17, 15) is 4.79 Å². The Morgan fingerprint density at radius 1 is 1.05 bits per heavy atom. The number of aryl methyl sites for hydroxylation is 2. The third-order valence-electron chi connectivity index (χ3n) is 2.80. The van der Waals surface area contributed by atoms with Crippen molar-refractivity contribution in [3.8, 4) is 0 Å². The summed E-state index contributed by atoms with van der Waals surface area (Å²) in [6.07, 6.45) is 0. The Labute approximate surface area is 127 Å². The lowest BCUT2D eigenvalue weighted by atomic mass is 10.1. The van der Waals surface area contributed by atoms with Gasteiger partial charge in [-0.2, -0.15) is 0 Å². The Kier molecular flexibility index (Phi) is 4.21. The van der Waals surface area contributed by atoms with E-state index in [2.05, 4.69) is 5.32 Å². The molecule has 0 saturated carbocycles. The number of amides is 1. The summed E-state index contributed by atoms with van der Waals surface area (Å²) in [6, 6.07) is 8.83. The van der Waals surface area contributed by atoms with Crippen molar-refractivity contribution in [3.05, 3.63) is 57.1 Å². The van der Waals surface area contributed by atoms with Crippen molar-refractivity contribution in [2.45, 2.75) is 13.8 Å². The number of carbonyl (C=O) groups excluding carboxylic acids is 1. The number of benzene rings is 2. The van der Waals surface area contributed by atoms with Gasteiger partial charge in [0, 0.05) is 11.3 Å². The van der Waals surface area contributed by atoms with Crippen LogP contribution in [0.5, 0.6) is 0 Å². The molecule has 104 valence electrons. The largest absolute Gasteiger partial charge is 0.397 e. The van der Waals surface area contributed by atoms with Crippen LogP contribution >= 0.6 is 23.2 Å². The van der Waals surface area contributed by atoms with E-state index in [1.807, 2.05) is 32.0 Å². The first-order valence-corrected chi connectivity index (χ1v) is 6.76. The summed E-state index contributed by atoms with van der Waals surface area (Å²) in [7, 11) is 0. The monoisotopic (exact) mass is 308 g/mol. The standard InChI is InChI=1S/C15H14Cl2N2O/c1-8-3-9(2)5-11(4-8)19-15(20)10-6-12(16)14(17)13(18)7-10/h3-7H,18H2,1-2H3,(H,19,20). The average molecular weight is 309 g/mol. The van der Waals surface area contributed by atoms with Crippen molar-refractivity contribution >= 4 is 40.5 Å². The van der Waals surface area contributed by atoms with E-state index in [1.54, 1.807) is 0 Å². The van der Waals surface area contributed by atoms with Crippen LogP contribution in [0.3, 0.4) is 0 Å². The Bertz CT molecular complexity index is 640. The van der Waals surface area contributed by atoms with E-state index in [1.165, 1.54) is 12.1 Å². The zero-order chi connectivity index (χ0) is 14.9. The molecule has 5 heteroatoms. The number of anilines is 2. The van der Waals surface area contributed by atoms with Crippen LogP contribution in [0.2, 0.25) is 10.0 Å². The minimum Gasteiger partial charge on any atom is -0.397 e. The van der Waals surface area contributed by atoms with E-state index in [0.29, 0.717) is 5.56 Å². The van der Waals surface area contributed by atoms with Gasteiger partial charge in [-0.05, 0) is 49.2 Å². The van der Waals surface area contributed by atoms with Gasteiger partial charge < -0.3 is 11.1 Å². The van der Waals surface area contributed by atoms with Crippen LogP contribution in [0.25, 0.3) is 0 Å². The van der Waals surface area contributed by atoms with Gasteiger partial charge in [0.15, 0.2) is 0 Å². The van der Waals surface area contributed by atoms with Gasteiger partial charge in [0.2, 0.25) is 0 Å². The molecule has 3 nitrogen and oxygen atoms in total. The maximum atomic E-state index is 12.2. The molecule has 0 unspecified atom stereocenters. The summed E-state index contributed by atoms with van der Waals surface area (Å²) in [6.45, 7) is 3.94. The maximum Gasteiger partial charge on any atom is 0.255 e. The smallest absolute Gasteiger partial charge is 0.255 e. The normalized spacial score (nSPS) is 10.4. The maximum absolute atomic E-state index is 12.2. The molecule has 0 fully saturated rings. The lowest BCUT2D eigenvalue weighted by Gasteiger charge is -2.09. The summed E-state index contributed by atoms with van der Waals surface area (Å²) < 4.78 is 0. The Balaban J connectivity index is 2.28. The number of nitrogen functional groups attached to an aromatic ring is 1. The molecule has 0 aliphatic heterocycles. The highest BCUT2D eigenvalue weighted by atomic mass is 35.5. The van der Waals surface area contributed by atoms with Crippen LogP contribution in [-0.4, -0.2) is 5.91 Å². The molecule has 0 saturated heterocycles. The number of nitrogens with one attached hydrogen (secondary N) is 1. The summed E-state index contributed by atoms with van der Waals surface area (Å²) in [5.74, 6) is -0.278. The van der Waals surface area contributed by atoms with E-state index in [4.69, 9.17) is 28.9 Å². The summed E-state index contributed by atoms with van der Waals surface area (Å²) in [4.78, 5) is 12.2. The van der Waals surface area contributed by atoms with Crippen LogP contribution in [0.4, 0.5) is 11.4 Å². The molecular formula is C15H14Cl2N2O. The fourth-order valence-electron chi connectivity index (χ4n) is 1.99. The molecule has 1 amide bonds. The molecule has 0 spiro atoms. The van der Waals surface area contributed by atoms with Gasteiger partial charge in [0.1, 0.15) is 0 Å². The molecule has 3 N–H and O–H groups in total. The minimum absolute atomic E-state index is 0.259. The third-order valence-corrected chi connectivity index (χ3v) is 3.61.